The lowest BCUT2D eigenvalue weighted by Gasteiger charge is -2.06. The molecule has 3 rings (SSSR count). The molecule has 0 unspecified atom stereocenters. The maximum atomic E-state index is 11.9. The summed E-state index contributed by atoms with van der Waals surface area (Å²) in [5.74, 6) is -0.252. The van der Waals surface area contributed by atoms with E-state index in [9.17, 15) is 4.79 Å². The second-order valence-corrected chi connectivity index (χ2v) is 5.34. The fourth-order valence-corrected chi connectivity index (χ4v) is 3.10. The number of carbonyl (C=O) groups excluding carboxylic acids is 1. The maximum absolute atomic E-state index is 11.9. The molecule has 0 radical (unpaired) electrons. The van der Waals surface area contributed by atoms with Crippen molar-refractivity contribution in [2.45, 2.75) is 39.0 Å². The van der Waals surface area contributed by atoms with Crippen molar-refractivity contribution in [2.75, 3.05) is 7.11 Å². The van der Waals surface area contributed by atoms with Crippen molar-refractivity contribution < 1.29 is 9.53 Å². The van der Waals surface area contributed by atoms with Crippen LogP contribution in [0.1, 0.15) is 46.4 Å². The monoisotopic (exact) mass is 257 g/mol. The van der Waals surface area contributed by atoms with Gasteiger partial charge in [0.1, 0.15) is 0 Å². The lowest BCUT2D eigenvalue weighted by molar-refractivity contribution is 0.0602. The topological polar surface area (TPSA) is 42.1 Å². The van der Waals surface area contributed by atoms with Crippen molar-refractivity contribution in [3.63, 3.8) is 0 Å². The molecule has 19 heavy (non-hydrogen) atoms. The van der Waals surface area contributed by atoms with E-state index in [1.165, 1.54) is 37.5 Å². The van der Waals surface area contributed by atoms with Crippen molar-refractivity contribution in [3.8, 4) is 0 Å². The third-order valence-corrected chi connectivity index (χ3v) is 4.09. The Morgan fingerprint density at radius 3 is 2.53 bits per heavy atom. The summed E-state index contributed by atoms with van der Waals surface area (Å²) in [5, 5.41) is 1.00. The van der Waals surface area contributed by atoms with E-state index in [0.29, 0.717) is 5.56 Å². The average Bonchev–Trinajstić information content (AvgIpc) is 2.58. The molecular weight excluding hydrogens is 238 g/mol. The number of hydrogen-bond donors (Lipinski definition) is 1. The first-order valence-electron chi connectivity index (χ1n) is 6.93. The van der Waals surface area contributed by atoms with E-state index >= 15 is 0 Å². The van der Waals surface area contributed by atoms with Crippen LogP contribution in [-0.4, -0.2) is 18.1 Å². The SMILES string of the molecule is COC(=O)c1c(C)[nH]c2cc3c(cc12)CCCCC3. The molecule has 2 aromatic rings. The maximum Gasteiger partial charge on any atom is 0.340 e. The van der Waals surface area contributed by atoms with Crippen LogP contribution in [-0.2, 0) is 17.6 Å². The molecule has 1 aromatic heterocycles. The minimum absolute atomic E-state index is 0.252. The molecule has 1 aliphatic carbocycles. The second-order valence-electron chi connectivity index (χ2n) is 5.34. The first kappa shape index (κ1) is 12.3. The Balaban J connectivity index is 2.21. The largest absolute Gasteiger partial charge is 0.465 e. The summed E-state index contributed by atoms with van der Waals surface area (Å²) in [6.45, 7) is 1.93. The van der Waals surface area contributed by atoms with Crippen molar-refractivity contribution in [3.05, 3.63) is 34.5 Å². The van der Waals surface area contributed by atoms with Crippen LogP contribution in [0.15, 0.2) is 12.1 Å². The quantitative estimate of drug-likeness (QED) is 0.627. The van der Waals surface area contributed by atoms with Gasteiger partial charge in [0.15, 0.2) is 0 Å². The van der Waals surface area contributed by atoms with Crippen molar-refractivity contribution in [2.24, 2.45) is 0 Å². The molecule has 0 saturated carbocycles. The van der Waals surface area contributed by atoms with E-state index in [1.54, 1.807) is 0 Å². The summed E-state index contributed by atoms with van der Waals surface area (Å²) in [6.07, 6.45) is 6.08. The molecule has 1 heterocycles. The minimum Gasteiger partial charge on any atom is -0.465 e. The number of methoxy groups -OCH3 is 1. The number of ether oxygens (including phenoxy) is 1. The molecule has 1 N–H and O–H groups in total. The highest BCUT2D eigenvalue weighted by Crippen LogP contribution is 2.29. The van der Waals surface area contributed by atoms with Crippen molar-refractivity contribution >= 4 is 16.9 Å². The van der Waals surface area contributed by atoms with Crippen LogP contribution in [0, 0.1) is 6.92 Å². The van der Waals surface area contributed by atoms with Gasteiger partial charge in [0.25, 0.3) is 0 Å². The Morgan fingerprint density at radius 1 is 1.16 bits per heavy atom. The molecule has 100 valence electrons. The summed E-state index contributed by atoms with van der Waals surface area (Å²) in [7, 11) is 1.43. The second kappa shape index (κ2) is 4.72. The van der Waals surface area contributed by atoms with Crippen molar-refractivity contribution in [1.82, 2.24) is 4.98 Å². The normalized spacial score (nSPS) is 15.1. The van der Waals surface area contributed by atoms with E-state index in [0.717, 1.165) is 29.4 Å². The number of aromatic amines is 1. The molecule has 0 bridgehead atoms. The van der Waals surface area contributed by atoms with Crippen LogP contribution >= 0.6 is 0 Å². The molecule has 3 heteroatoms. The number of aryl methyl sites for hydroxylation is 3. The lowest BCUT2D eigenvalue weighted by atomic mass is 9.99. The summed E-state index contributed by atoms with van der Waals surface area (Å²) in [6, 6.07) is 4.40. The number of aromatic nitrogens is 1. The minimum atomic E-state index is -0.252. The highest BCUT2D eigenvalue weighted by atomic mass is 16.5. The molecule has 0 aliphatic heterocycles. The zero-order chi connectivity index (χ0) is 13.4. The van der Waals surface area contributed by atoms with Gasteiger partial charge in [-0.25, -0.2) is 4.79 Å². The van der Waals surface area contributed by atoms with Gasteiger partial charge in [-0.15, -0.1) is 0 Å². The van der Waals surface area contributed by atoms with E-state index in [2.05, 4.69) is 17.1 Å². The third kappa shape index (κ3) is 2.03. The predicted molar refractivity (Wildman–Crippen MR) is 75.6 cm³/mol. The number of rotatable bonds is 1. The van der Waals surface area contributed by atoms with Crippen LogP contribution in [0.2, 0.25) is 0 Å². The number of esters is 1. The Morgan fingerprint density at radius 2 is 1.84 bits per heavy atom. The van der Waals surface area contributed by atoms with Gasteiger partial charge >= 0.3 is 5.97 Å². The first-order chi connectivity index (χ1) is 9.20. The molecule has 0 spiro atoms. The Bertz CT molecular complexity index is 640. The van der Waals surface area contributed by atoms with Crippen molar-refractivity contribution in [1.29, 1.82) is 0 Å². The van der Waals surface area contributed by atoms with Gasteiger partial charge in [-0.1, -0.05) is 6.42 Å². The highest BCUT2D eigenvalue weighted by Gasteiger charge is 2.19. The number of benzene rings is 1. The summed E-state index contributed by atoms with van der Waals surface area (Å²) < 4.78 is 4.89. The Labute approximate surface area is 113 Å². The van der Waals surface area contributed by atoms with E-state index in [4.69, 9.17) is 4.74 Å². The molecule has 0 amide bonds. The number of hydrogen-bond acceptors (Lipinski definition) is 2. The van der Waals surface area contributed by atoms with E-state index < -0.39 is 0 Å². The molecule has 0 saturated heterocycles. The highest BCUT2D eigenvalue weighted by molar-refractivity contribution is 6.05. The van der Waals surface area contributed by atoms with Gasteiger partial charge in [0.05, 0.1) is 12.7 Å². The third-order valence-electron chi connectivity index (χ3n) is 4.09. The van der Waals surface area contributed by atoms with Crippen LogP contribution in [0.3, 0.4) is 0 Å². The van der Waals surface area contributed by atoms with Gasteiger partial charge in [-0.05, 0) is 55.9 Å². The zero-order valence-electron chi connectivity index (χ0n) is 11.5. The molecule has 1 aliphatic rings. The van der Waals surface area contributed by atoms with Gasteiger partial charge in [-0.2, -0.15) is 0 Å². The van der Waals surface area contributed by atoms with Gasteiger partial charge in [-0.3, -0.25) is 0 Å². The Kier molecular flexibility index (Phi) is 3.05. The molecule has 3 nitrogen and oxygen atoms in total. The molecule has 0 atom stereocenters. The fraction of sp³-hybridized carbons (Fsp3) is 0.438. The number of nitrogens with one attached hydrogen (secondary N) is 1. The summed E-state index contributed by atoms with van der Waals surface area (Å²) >= 11 is 0. The zero-order valence-corrected chi connectivity index (χ0v) is 11.5. The van der Waals surface area contributed by atoms with Crippen LogP contribution < -0.4 is 0 Å². The smallest absolute Gasteiger partial charge is 0.340 e. The van der Waals surface area contributed by atoms with Gasteiger partial charge in [0.2, 0.25) is 0 Å². The van der Waals surface area contributed by atoms with E-state index in [1.807, 2.05) is 6.92 Å². The van der Waals surface area contributed by atoms with Gasteiger partial charge in [0, 0.05) is 16.6 Å². The van der Waals surface area contributed by atoms with Crippen LogP contribution in [0.4, 0.5) is 0 Å². The number of carbonyl (C=O) groups is 1. The lowest BCUT2D eigenvalue weighted by Crippen LogP contribution is -2.02. The standard InChI is InChI=1S/C16H19NO2/c1-10-15(16(18)19-2)13-8-11-6-4-3-5-7-12(11)9-14(13)17-10/h8-9,17H,3-7H2,1-2H3. The number of fused-ring (bicyclic) bond motifs is 2. The Hall–Kier alpha value is -1.77. The molecular formula is C16H19NO2. The molecule has 1 aromatic carbocycles. The number of H-pyrrole nitrogens is 1. The summed E-state index contributed by atoms with van der Waals surface area (Å²) in [5.41, 5.74) is 5.46. The fourth-order valence-electron chi connectivity index (χ4n) is 3.10. The summed E-state index contributed by atoms with van der Waals surface area (Å²) in [4.78, 5) is 15.2. The average molecular weight is 257 g/mol. The van der Waals surface area contributed by atoms with E-state index in [-0.39, 0.29) is 5.97 Å². The van der Waals surface area contributed by atoms with Crippen LogP contribution in [0.5, 0.6) is 0 Å². The van der Waals surface area contributed by atoms with Gasteiger partial charge < -0.3 is 9.72 Å². The molecule has 0 fully saturated rings. The first-order valence-corrected chi connectivity index (χ1v) is 6.93. The van der Waals surface area contributed by atoms with Crippen LogP contribution in [0.25, 0.3) is 10.9 Å². The predicted octanol–water partition coefficient (Wildman–Crippen LogP) is 3.53.